The Kier molecular flexibility index (Phi) is 7.15. The van der Waals surface area contributed by atoms with Crippen LogP contribution in [0.5, 0.6) is 5.75 Å². The first kappa shape index (κ1) is 23.6. The smallest absolute Gasteiger partial charge is 0.319 e. The maximum absolute atomic E-state index is 12.6. The minimum atomic E-state index is -0.527. The number of pyridine rings is 1. The number of aliphatic hydroxyl groups excluding tert-OH is 1. The summed E-state index contributed by atoms with van der Waals surface area (Å²) >= 11 is 0. The highest BCUT2D eigenvalue weighted by Crippen LogP contribution is 2.47. The summed E-state index contributed by atoms with van der Waals surface area (Å²) in [5, 5.41) is 18.9. The third-order valence-corrected chi connectivity index (χ3v) is 7.10. The minimum absolute atomic E-state index is 0.0338. The lowest BCUT2D eigenvalue weighted by molar-refractivity contribution is -0.142. The second-order valence-corrected chi connectivity index (χ2v) is 9.57. The van der Waals surface area contributed by atoms with Crippen LogP contribution in [0.1, 0.15) is 55.6 Å². The van der Waals surface area contributed by atoms with Gasteiger partial charge >= 0.3 is 6.03 Å². The largest absolute Gasteiger partial charge is 0.487 e. The molecule has 4 atom stereocenters. The van der Waals surface area contributed by atoms with Gasteiger partial charge in [0.1, 0.15) is 18.0 Å². The number of urea groups is 1. The van der Waals surface area contributed by atoms with E-state index < -0.39 is 6.10 Å². The second kappa shape index (κ2) is 10.6. The number of benzene rings is 1. The van der Waals surface area contributed by atoms with Gasteiger partial charge in [-0.25, -0.2) is 4.79 Å². The first-order valence-electron chi connectivity index (χ1n) is 12.4. The third-order valence-electron chi connectivity index (χ3n) is 7.10. The van der Waals surface area contributed by atoms with Crippen LogP contribution < -0.4 is 20.7 Å². The van der Waals surface area contributed by atoms with Crippen LogP contribution in [0.25, 0.3) is 0 Å². The van der Waals surface area contributed by atoms with Crippen LogP contribution in [0.3, 0.4) is 0 Å². The average Bonchev–Trinajstić information content (AvgIpc) is 3.50. The number of hydrogen-bond donors (Lipinski definition) is 4. The molecule has 186 valence electrons. The molecule has 2 aliphatic heterocycles. The molecule has 0 bridgehead atoms. The topological polar surface area (TPSA) is 122 Å². The van der Waals surface area contributed by atoms with Crippen molar-refractivity contribution in [2.24, 2.45) is 0 Å². The van der Waals surface area contributed by atoms with Crippen molar-refractivity contribution in [3.05, 3.63) is 53.9 Å². The predicted molar refractivity (Wildman–Crippen MR) is 129 cm³/mol. The summed E-state index contributed by atoms with van der Waals surface area (Å²) in [5.41, 5.74) is 2.64. The molecule has 0 radical (unpaired) electrons. The Hall–Kier alpha value is -3.17. The average molecular weight is 481 g/mol. The maximum atomic E-state index is 12.6. The molecule has 3 aliphatic rings. The molecule has 1 saturated carbocycles. The molecule has 1 aliphatic carbocycles. The van der Waals surface area contributed by atoms with Crippen molar-refractivity contribution >= 4 is 17.6 Å². The van der Waals surface area contributed by atoms with Crippen molar-refractivity contribution in [3.8, 4) is 5.75 Å². The van der Waals surface area contributed by atoms with Crippen molar-refractivity contribution in [2.75, 3.05) is 11.9 Å². The van der Waals surface area contributed by atoms with E-state index in [0.29, 0.717) is 18.7 Å². The van der Waals surface area contributed by atoms with Gasteiger partial charge in [-0.3, -0.25) is 9.78 Å². The van der Waals surface area contributed by atoms with Crippen molar-refractivity contribution in [2.45, 2.75) is 75.3 Å². The Morgan fingerprint density at radius 2 is 1.91 bits per heavy atom. The highest BCUT2D eigenvalue weighted by Gasteiger charge is 2.46. The SMILES string of the molecule is O=C(C[C@H]1C[C@@H]2c3cc(NC(=O)NC4CCCC4)ccc3O[C@@H]2[C@H](CO)O1)NCc1ccncc1. The number of anilines is 1. The molecule has 9 nitrogen and oxygen atoms in total. The maximum Gasteiger partial charge on any atom is 0.319 e. The normalized spacial score (nSPS) is 25.3. The summed E-state index contributed by atoms with van der Waals surface area (Å²) in [6.45, 7) is 0.229. The van der Waals surface area contributed by atoms with Crippen LogP contribution in [0.4, 0.5) is 10.5 Å². The number of carbonyl (C=O) groups excluding carboxylic acids is 2. The summed E-state index contributed by atoms with van der Waals surface area (Å²) in [6, 6.07) is 9.37. The Labute approximate surface area is 204 Å². The lowest BCUT2D eigenvalue weighted by Crippen LogP contribution is -2.47. The van der Waals surface area contributed by atoms with Gasteiger partial charge in [0.05, 0.1) is 19.1 Å². The zero-order valence-corrected chi connectivity index (χ0v) is 19.6. The monoisotopic (exact) mass is 480 g/mol. The zero-order valence-electron chi connectivity index (χ0n) is 19.6. The number of hydrogen-bond acceptors (Lipinski definition) is 6. The number of carbonyl (C=O) groups is 2. The number of ether oxygens (including phenoxy) is 2. The number of aliphatic hydroxyl groups is 1. The minimum Gasteiger partial charge on any atom is -0.487 e. The molecule has 1 saturated heterocycles. The van der Waals surface area contributed by atoms with Crippen LogP contribution in [-0.4, -0.2) is 53.0 Å². The summed E-state index contributed by atoms with van der Waals surface area (Å²) in [6.07, 6.45) is 7.33. The van der Waals surface area contributed by atoms with Gasteiger partial charge in [0, 0.05) is 42.1 Å². The molecule has 1 aromatic carbocycles. The molecular weight excluding hydrogens is 448 g/mol. The summed E-state index contributed by atoms with van der Waals surface area (Å²) < 4.78 is 12.2. The fraction of sp³-hybridized carbons (Fsp3) is 0.500. The van der Waals surface area contributed by atoms with Crippen molar-refractivity contribution in [3.63, 3.8) is 0 Å². The molecule has 3 amide bonds. The molecule has 35 heavy (non-hydrogen) atoms. The fourth-order valence-corrected chi connectivity index (χ4v) is 5.37. The highest BCUT2D eigenvalue weighted by atomic mass is 16.6. The van der Waals surface area contributed by atoms with E-state index in [1.54, 1.807) is 12.4 Å². The number of fused-ring (bicyclic) bond motifs is 3. The number of nitrogens with zero attached hydrogens (tertiary/aromatic N) is 1. The van der Waals surface area contributed by atoms with E-state index >= 15 is 0 Å². The van der Waals surface area contributed by atoms with Gasteiger partial charge in [-0.1, -0.05) is 12.8 Å². The number of amides is 3. The molecule has 1 aromatic heterocycles. The van der Waals surface area contributed by atoms with Gasteiger partial charge in [0.2, 0.25) is 5.91 Å². The molecule has 5 rings (SSSR count). The predicted octanol–water partition coefficient (Wildman–Crippen LogP) is 2.85. The van der Waals surface area contributed by atoms with Gasteiger partial charge in [0.15, 0.2) is 0 Å². The van der Waals surface area contributed by atoms with Crippen LogP contribution in [0.2, 0.25) is 0 Å². The van der Waals surface area contributed by atoms with E-state index in [1.165, 1.54) is 0 Å². The molecule has 2 fully saturated rings. The highest BCUT2D eigenvalue weighted by molar-refractivity contribution is 5.89. The van der Waals surface area contributed by atoms with Gasteiger partial charge in [-0.2, -0.15) is 0 Å². The van der Waals surface area contributed by atoms with E-state index in [1.807, 2.05) is 30.3 Å². The first-order valence-corrected chi connectivity index (χ1v) is 12.4. The van der Waals surface area contributed by atoms with Gasteiger partial charge in [0.25, 0.3) is 0 Å². The number of rotatable bonds is 7. The van der Waals surface area contributed by atoms with Gasteiger partial charge < -0.3 is 30.5 Å². The van der Waals surface area contributed by atoms with E-state index in [9.17, 15) is 14.7 Å². The molecule has 0 unspecified atom stereocenters. The van der Waals surface area contributed by atoms with Crippen molar-refractivity contribution in [1.29, 1.82) is 0 Å². The van der Waals surface area contributed by atoms with E-state index in [2.05, 4.69) is 20.9 Å². The first-order chi connectivity index (χ1) is 17.1. The summed E-state index contributed by atoms with van der Waals surface area (Å²) in [5.74, 6) is 0.584. The zero-order chi connectivity index (χ0) is 24.2. The molecule has 4 N–H and O–H groups in total. The Balaban J connectivity index is 1.22. The third kappa shape index (κ3) is 5.57. The quantitative estimate of drug-likeness (QED) is 0.484. The Bertz CT molecular complexity index is 1040. The second-order valence-electron chi connectivity index (χ2n) is 9.57. The lowest BCUT2D eigenvalue weighted by Gasteiger charge is -2.37. The van der Waals surface area contributed by atoms with Gasteiger partial charge in [-0.15, -0.1) is 0 Å². The van der Waals surface area contributed by atoms with Crippen molar-refractivity contribution < 1.29 is 24.2 Å². The lowest BCUT2D eigenvalue weighted by atomic mass is 9.84. The summed E-state index contributed by atoms with van der Waals surface area (Å²) in [4.78, 5) is 29.0. The van der Waals surface area contributed by atoms with Crippen molar-refractivity contribution in [1.82, 2.24) is 15.6 Å². The van der Waals surface area contributed by atoms with Crippen LogP contribution in [0.15, 0.2) is 42.7 Å². The fourth-order valence-electron chi connectivity index (χ4n) is 5.37. The number of nitrogens with one attached hydrogen (secondary N) is 3. The van der Waals surface area contributed by atoms with Crippen LogP contribution >= 0.6 is 0 Å². The molecule has 2 aromatic rings. The van der Waals surface area contributed by atoms with E-state index in [4.69, 9.17) is 9.47 Å². The molecule has 0 spiro atoms. The Morgan fingerprint density at radius 3 is 2.69 bits per heavy atom. The number of aromatic nitrogens is 1. The van der Waals surface area contributed by atoms with Gasteiger partial charge in [-0.05, 0) is 55.2 Å². The summed E-state index contributed by atoms with van der Waals surface area (Å²) in [7, 11) is 0. The van der Waals surface area contributed by atoms with E-state index in [-0.39, 0.29) is 49.1 Å². The van der Waals surface area contributed by atoms with E-state index in [0.717, 1.165) is 42.6 Å². The van der Waals surface area contributed by atoms with Crippen LogP contribution in [0, 0.1) is 0 Å². The van der Waals surface area contributed by atoms with Crippen LogP contribution in [-0.2, 0) is 16.1 Å². The molecule has 3 heterocycles. The Morgan fingerprint density at radius 1 is 1.11 bits per heavy atom. The molecular formula is C26H32N4O5. The molecule has 9 heteroatoms. The standard InChI is InChI=1S/C26H32N4O5/c31-15-23-25-21(12-19(34-23)13-24(32)28-14-16-7-9-27-10-8-16)20-11-18(5-6-22(20)35-25)30-26(33)29-17-3-1-2-4-17/h5-11,17,19,21,23,25,31H,1-4,12-15H2,(H,28,32)(H2,29,30,33)/t19-,21-,23+,25+/m1/s1.